The molecule has 90 valence electrons. The standard InChI is InChI=1S/C9H10N4O4/c10-12-11-5-8(14)9(15)6-2-1-3-7(4-6)13(16)17/h1-4,8-9,14-15H,5H2. The third kappa shape index (κ3) is 3.42. The molecule has 0 saturated carbocycles. The maximum absolute atomic E-state index is 10.5. The average Bonchev–Trinajstić information content (AvgIpc) is 2.35. The van der Waals surface area contributed by atoms with Gasteiger partial charge in [-0.2, -0.15) is 0 Å². The van der Waals surface area contributed by atoms with Crippen LogP contribution in [-0.4, -0.2) is 27.8 Å². The van der Waals surface area contributed by atoms with Gasteiger partial charge in [0.2, 0.25) is 0 Å². The Kier molecular flexibility index (Phi) is 4.41. The second-order valence-corrected chi connectivity index (χ2v) is 3.28. The van der Waals surface area contributed by atoms with Gasteiger partial charge in [-0.1, -0.05) is 17.2 Å². The summed E-state index contributed by atoms with van der Waals surface area (Å²) < 4.78 is 0. The van der Waals surface area contributed by atoms with Crippen LogP contribution in [0.15, 0.2) is 29.4 Å². The van der Waals surface area contributed by atoms with Gasteiger partial charge >= 0.3 is 0 Å². The maximum atomic E-state index is 10.5. The van der Waals surface area contributed by atoms with Gasteiger partial charge in [-0.05, 0) is 11.1 Å². The lowest BCUT2D eigenvalue weighted by molar-refractivity contribution is -0.385. The van der Waals surface area contributed by atoms with Crippen LogP contribution in [0.1, 0.15) is 11.7 Å². The predicted molar refractivity (Wildman–Crippen MR) is 58.1 cm³/mol. The Morgan fingerprint density at radius 1 is 1.53 bits per heavy atom. The summed E-state index contributed by atoms with van der Waals surface area (Å²) in [4.78, 5) is 12.4. The van der Waals surface area contributed by atoms with Crippen molar-refractivity contribution in [2.45, 2.75) is 12.2 Å². The zero-order chi connectivity index (χ0) is 12.8. The monoisotopic (exact) mass is 238 g/mol. The van der Waals surface area contributed by atoms with Gasteiger partial charge in [-0.15, -0.1) is 0 Å². The summed E-state index contributed by atoms with van der Waals surface area (Å²) in [6, 6.07) is 5.27. The molecule has 0 aliphatic rings. The molecule has 0 amide bonds. The summed E-state index contributed by atoms with van der Waals surface area (Å²) in [5, 5.41) is 32.7. The van der Waals surface area contributed by atoms with Crippen LogP contribution in [0.4, 0.5) is 5.69 Å². The number of azide groups is 1. The summed E-state index contributed by atoms with van der Waals surface area (Å²) in [5.74, 6) is 0. The highest BCUT2D eigenvalue weighted by Crippen LogP contribution is 2.21. The second kappa shape index (κ2) is 5.80. The molecule has 0 radical (unpaired) electrons. The van der Waals surface area contributed by atoms with Crippen molar-refractivity contribution in [3.8, 4) is 0 Å². The normalized spacial score (nSPS) is 13.5. The Morgan fingerprint density at radius 3 is 2.82 bits per heavy atom. The van der Waals surface area contributed by atoms with Crippen molar-refractivity contribution in [1.29, 1.82) is 0 Å². The first-order valence-electron chi connectivity index (χ1n) is 4.67. The third-order valence-electron chi connectivity index (χ3n) is 2.12. The SMILES string of the molecule is [N-]=[N+]=NCC(O)C(O)c1cccc([N+](=O)[O-])c1. The topological polar surface area (TPSA) is 132 Å². The third-order valence-corrected chi connectivity index (χ3v) is 2.12. The van der Waals surface area contributed by atoms with Crippen LogP contribution in [0.25, 0.3) is 10.4 Å². The van der Waals surface area contributed by atoms with E-state index in [1.54, 1.807) is 0 Å². The zero-order valence-corrected chi connectivity index (χ0v) is 8.67. The highest BCUT2D eigenvalue weighted by molar-refractivity contribution is 5.35. The molecule has 1 aromatic rings. The lowest BCUT2D eigenvalue weighted by Gasteiger charge is -2.15. The molecule has 2 N–H and O–H groups in total. The van der Waals surface area contributed by atoms with Crippen LogP contribution in [0, 0.1) is 10.1 Å². The van der Waals surface area contributed by atoms with Crippen molar-refractivity contribution in [2.24, 2.45) is 5.11 Å². The first-order chi connectivity index (χ1) is 8.06. The van der Waals surface area contributed by atoms with Gasteiger partial charge in [-0.3, -0.25) is 10.1 Å². The molecule has 0 aromatic heterocycles. The van der Waals surface area contributed by atoms with E-state index in [-0.39, 0.29) is 17.8 Å². The Hall–Kier alpha value is -2.15. The van der Waals surface area contributed by atoms with Crippen LogP contribution in [-0.2, 0) is 0 Å². The van der Waals surface area contributed by atoms with E-state index in [1.807, 2.05) is 0 Å². The van der Waals surface area contributed by atoms with E-state index in [0.717, 1.165) is 6.07 Å². The molecule has 0 fully saturated rings. The predicted octanol–water partition coefficient (Wildman–Crippen LogP) is 1.30. The van der Waals surface area contributed by atoms with Crippen molar-refractivity contribution >= 4 is 5.69 Å². The minimum Gasteiger partial charge on any atom is -0.390 e. The Labute approximate surface area is 95.9 Å². The van der Waals surface area contributed by atoms with Crippen molar-refractivity contribution in [3.63, 3.8) is 0 Å². The molecule has 8 nitrogen and oxygen atoms in total. The zero-order valence-electron chi connectivity index (χ0n) is 8.67. The fraction of sp³-hybridized carbons (Fsp3) is 0.333. The number of aliphatic hydroxyl groups is 2. The molecule has 8 heteroatoms. The van der Waals surface area contributed by atoms with Crippen molar-refractivity contribution in [2.75, 3.05) is 6.54 Å². The summed E-state index contributed by atoms with van der Waals surface area (Å²) in [5.41, 5.74) is 8.07. The van der Waals surface area contributed by atoms with E-state index < -0.39 is 17.1 Å². The summed E-state index contributed by atoms with van der Waals surface area (Å²) in [6.45, 7) is -0.305. The molecule has 2 unspecified atom stereocenters. The number of hydrogen-bond acceptors (Lipinski definition) is 5. The van der Waals surface area contributed by atoms with Gasteiger partial charge in [0.15, 0.2) is 0 Å². The van der Waals surface area contributed by atoms with E-state index in [9.17, 15) is 20.3 Å². The van der Waals surface area contributed by atoms with E-state index >= 15 is 0 Å². The molecule has 0 heterocycles. The molecular weight excluding hydrogens is 228 g/mol. The largest absolute Gasteiger partial charge is 0.390 e. The lowest BCUT2D eigenvalue weighted by Crippen LogP contribution is -2.21. The number of rotatable bonds is 5. The average molecular weight is 238 g/mol. The fourth-order valence-corrected chi connectivity index (χ4v) is 1.26. The Bertz CT molecular complexity index is 458. The quantitative estimate of drug-likeness (QED) is 0.263. The lowest BCUT2D eigenvalue weighted by atomic mass is 10.0. The van der Waals surface area contributed by atoms with E-state index in [2.05, 4.69) is 10.0 Å². The van der Waals surface area contributed by atoms with Gasteiger partial charge in [0, 0.05) is 17.0 Å². The molecule has 0 saturated heterocycles. The number of nitro groups is 1. The number of nitro benzene ring substituents is 1. The first kappa shape index (κ1) is 12.9. The van der Waals surface area contributed by atoms with E-state index in [1.165, 1.54) is 18.2 Å². The summed E-state index contributed by atoms with van der Waals surface area (Å²) >= 11 is 0. The molecule has 0 bridgehead atoms. The molecule has 1 aromatic carbocycles. The molecule has 0 spiro atoms. The van der Waals surface area contributed by atoms with Gasteiger partial charge < -0.3 is 10.2 Å². The molecule has 0 aliphatic carbocycles. The van der Waals surface area contributed by atoms with E-state index in [0.29, 0.717) is 0 Å². The van der Waals surface area contributed by atoms with Gasteiger partial charge in [-0.25, -0.2) is 0 Å². The highest BCUT2D eigenvalue weighted by atomic mass is 16.6. The molecule has 2 atom stereocenters. The second-order valence-electron chi connectivity index (χ2n) is 3.28. The maximum Gasteiger partial charge on any atom is 0.269 e. The van der Waals surface area contributed by atoms with E-state index in [4.69, 9.17) is 5.53 Å². The van der Waals surface area contributed by atoms with Gasteiger partial charge in [0.05, 0.1) is 17.6 Å². The van der Waals surface area contributed by atoms with Crippen LogP contribution in [0.2, 0.25) is 0 Å². The molecule has 17 heavy (non-hydrogen) atoms. The molecule has 1 rings (SSSR count). The van der Waals surface area contributed by atoms with Crippen molar-refractivity contribution < 1.29 is 15.1 Å². The molecular formula is C9H10N4O4. The Balaban J connectivity index is 2.87. The van der Waals surface area contributed by atoms with Crippen LogP contribution in [0.3, 0.4) is 0 Å². The number of benzene rings is 1. The summed E-state index contributed by atoms with van der Waals surface area (Å²) in [6.07, 6.45) is -2.63. The minimum absolute atomic E-state index is 0.183. The van der Waals surface area contributed by atoms with Crippen molar-refractivity contribution in [1.82, 2.24) is 0 Å². The van der Waals surface area contributed by atoms with Crippen LogP contribution >= 0.6 is 0 Å². The smallest absolute Gasteiger partial charge is 0.269 e. The fourth-order valence-electron chi connectivity index (χ4n) is 1.26. The number of aliphatic hydroxyl groups excluding tert-OH is 2. The Morgan fingerprint density at radius 2 is 2.24 bits per heavy atom. The molecule has 0 aliphatic heterocycles. The number of nitrogens with zero attached hydrogens (tertiary/aromatic N) is 4. The van der Waals surface area contributed by atoms with Crippen LogP contribution < -0.4 is 0 Å². The van der Waals surface area contributed by atoms with Gasteiger partial charge in [0.1, 0.15) is 6.10 Å². The first-order valence-corrected chi connectivity index (χ1v) is 4.67. The van der Waals surface area contributed by atoms with Crippen molar-refractivity contribution in [3.05, 3.63) is 50.4 Å². The minimum atomic E-state index is -1.33. The number of non-ortho nitro benzene ring substituents is 1. The van der Waals surface area contributed by atoms with Crippen LogP contribution in [0.5, 0.6) is 0 Å². The number of hydrogen-bond donors (Lipinski definition) is 2. The summed E-state index contributed by atoms with van der Waals surface area (Å²) in [7, 11) is 0. The van der Waals surface area contributed by atoms with Gasteiger partial charge in [0.25, 0.3) is 5.69 Å². The highest BCUT2D eigenvalue weighted by Gasteiger charge is 2.19.